The fourth-order valence-corrected chi connectivity index (χ4v) is 1.81. The van der Waals surface area contributed by atoms with Crippen LogP contribution in [-0.4, -0.2) is 12.0 Å². The third kappa shape index (κ3) is 1.41. The zero-order chi connectivity index (χ0) is 10.1. The van der Waals surface area contributed by atoms with Crippen LogP contribution in [0.2, 0.25) is 5.02 Å². The van der Waals surface area contributed by atoms with Crippen LogP contribution in [0.15, 0.2) is 6.07 Å². The minimum atomic E-state index is 0.225. The Labute approximate surface area is 86.3 Å². The molecule has 0 unspecified atom stereocenters. The molecule has 0 aliphatic carbocycles. The van der Waals surface area contributed by atoms with Crippen LogP contribution in [0.25, 0.3) is 0 Å². The molecule has 0 radical (unpaired) electrons. The molecule has 1 aliphatic heterocycles. The molecule has 0 amide bonds. The molecule has 0 bridgehead atoms. The Morgan fingerprint density at radius 3 is 3.07 bits per heavy atom. The lowest BCUT2D eigenvalue weighted by atomic mass is 10.1. The Bertz CT molecular complexity index is 368. The molecule has 1 aromatic carbocycles. The van der Waals surface area contributed by atoms with Crippen LogP contribution in [0, 0.1) is 6.92 Å². The van der Waals surface area contributed by atoms with E-state index in [1.807, 2.05) is 6.92 Å². The van der Waals surface area contributed by atoms with E-state index in [4.69, 9.17) is 26.3 Å². The Morgan fingerprint density at radius 1 is 1.57 bits per heavy atom. The van der Waals surface area contributed by atoms with Crippen LogP contribution < -0.4 is 15.0 Å². The van der Waals surface area contributed by atoms with Crippen molar-refractivity contribution in [2.24, 2.45) is 0 Å². The van der Waals surface area contributed by atoms with E-state index in [-0.39, 0.29) is 6.79 Å². The summed E-state index contributed by atoms with van der Waals surface area (Å²) in [4.78, 5) is 0. The molecule has 14 heavy (non-hydrogen) atoms. The van der Waals surface area contributed by atoms with Crippen molar-refractivity contribution in [1.29, 1.82) is 0 Å². The summed E-state index contributed by atoms with van der Waals surface area (Å²) < 4.78 is 10.5. The SMILES string of the molecule is Cc1c(CNO)c(Cl)cc2c1OCO2. The summed E-state index contributed by atoms with van der Waals surface area (Å²) in [5, 5.41) is 9.20. The molecule has 2 N–H and O–H groups in total. The molecule has 0 spiro atoms. The predicted octanol–water partition coefficient (Wildman–Crippen LogP) is 1.86. The van der Waals surface area contributed by atoms with Crippen molar-refractivity contribution >= 4 is 11.6 Å². The lowest BCUT2D eigenvalue weighted by Crippen LogP contribution is -2.08. The summed E-state index contributed by atoms with van der Waals surface area (Å²) in [7, 11) is 0. The molecule has 1 aliphatic rings. The lowest BCUT2D eigenvalue weighted by molar-refractivity contribution is 0.160. The largest absolute Gasteiger partial charge is 0.454 e. The molecule has 1 heterocycles. The molecule has 0 atom stereocenters. The van der Waals surface area contributed by atoms with Gasteiger partial charge in [0.2, 0.25) is 6.79 Å². The Morgan fingerprint density at radius 2 is 2.36 bits per heavy atom. The van der Waals surface area contributed by atoms with E-state index in [2.05, 4.69) is 5.48 Å². The van der Waals surface area contributed by atoms with Gasteiger partial charge in [-0.2, -0.15) is 0 Å². The Kier molecular flexibility index (Phi) is 2.50. The third-order valence-corrected chi connectivity index (χ3v) is 2.57. The minimum absolute atomic E-state index is 0.225. The average Bonchev–Trinajstić information content (AvgIpc) is 2.60. The number of hydrogen-bond acceptors (Lipinski definition) is 4. The summed E-state index contributed by atoms with van der Waals surface area (Å²) in [6.07, 6.45) is 0. The summed E-state index contributed by atoms with van der Waals surface area (Å²) >= 11 is 6.01. The van der Waals surface area contributed by atoms with Crippen molar-refractivity contribution in [3.63, 3.8) is 0 Å². The Balaban J connectivity index is 2.51. The minimum Gasteiger partial charge on any atom is -0.454 e. The number of halogens is 1. The quantitative estimate of drug-likeness (QED) is 0.740. The molecule has 76 valence electrons. The van der Waals surface area contributed by atoms with Gasteiger partial charge in [-0.15, -0.1) is 0 Å². The highest BCUT2D eigenvalue weighted by Crippen LogP contribution is 2.40. The van der Waals surface area contributed by atoms with Gasteiger partial charge in [0, 0.05) is 23.2 Å². The average molecular weight is 216 g/mol. The lowest BCUT2D eigenvalue weighted by Gasteiger charge is -2.09. The van der Waals surface area contributed by atoms with Crippen molar-refractivity contribution in [2.45, 2.75) is 13.5 Å². The van der Waals surface area contributed by atoms with E-state index >= 15 is 0 Å². The van der Waals surface area contributed by atoms with E-state index in [9.17, 15) is 0 Å². The highest BCUT2D eigenvalue weighted by molar-refractivity contribution is 6.31. The maximum absolute atomic E-state index is 8.64. The van der Waals surface area contributed by atoms with Crippen LogP contribution in [0.3, 0.4) is 0 Å². The van der Waals surface area contributed by atoms with Crippen molar-refractivity contribution < 1.29 is 14.7 Å². The Hall–Kier alpha value is -0.970. The number of hydroxylamine groups is 1. The fraction of sp³-hybridized carbons (Fsp3) is 0.333. The van der Waals surface area contributed by atoms with Crippen LogP contribution >= 0.6 is 11.6 Å². The predicted molar refractivity (Wildman–Crippen MR) is 50.9 cm³/mol. The van der Waals surface area contributed by atoms with Gasteiger partial charge in [0.1, 0.15) is 0 Å². The molecule has 2 rings (SSSR count). The molecule has 0 saturated heterocycles. The van der Waals surface area contributed by atoms with Gasteiger partial charge < -0.3 is 14.7 Å². The maximum atomic E-state index is 8.64. The second-order valence-corrected chi connectivity index (χ2v) is 3.44. The second-order valence-electron chi connectivity index (χ2n) is 3.03. The van der Waals surface area contributed by atoms with E-state index < -0.39 is 0 Å². The van der Waals surface area contributed by atoms with Crippen molar-refractivity contribution in [3.8, 4) is 11.5 Å². The second kappa shape index (κ2) is 3.65. The van der Waals surface area contributed by atoms with Gasteiger partial charge in [0.25, 0.3) is 0 Å². The summed E-state index contributed by atoms with van der Waals surface area (Å²) in [6, 6.07) is 1.70. The molecular formula is C9H10ClNO3. The highest BCUT2D eigenvalue weighted by atomic mass is 35.5. The molecule has 5 heteroatoms. The molecular weight excluding hydrogens is 206 g/mol. The van der Waals surface area contributed by atoms with Crippen LogP contribution in [0.5, 0.6) is 11.5 Å². The van der Waals surface area contributed by atoms with E-state index in [0.717, 1.165) is 11.1 Å². The van der Waals surface area contributed by atoms with Gasteiger partial charge in [-0.3, -0.25) is 0 Å². The third-order valence-electron chi connectivity index (χ3n) is 2.24. The van der Waals surface area contributed by atoms with Gasteiger partial charge in [0.15, 0.2) is 11.5 Å². The fourth-order valence-electron chi connectivity index (χ4n) is 1.50. The number of ether oxygens (including phenoxy) is 2. The van der Waals surface area contributed by atoms with E-state index in [1.165, 1.54) is 0 Å². The maximum Gasteiger partial charge on any atom is 0.231 e. The summed E-state index contributed by atoms with van der Waals surface area (Å²) in [5.41, 5.74) is 3.79. The molecule has 0 fully saturated rings. The number of hydrogen-bond donors (Lipinski definition) is 2. The zero-order valence-corrected chi connectivity index (χ0v) is 8.39. The number of benzene rings is 1. The first kappa shape index (κ1) is 9.58. The van der Waals surface area contributed by atoms with E-state index in [0.29, 0.717) is 23.1 Å². The first-order chi connectivity index (χ1) is 6.74. The molecule has 4 nitrogen and oxygen atoms in total. The van der Waals surface area contributed by atoms with Gasteiger partial charge >= 0.3 is 0 Å². The van der Waals surface area contributed by atoms with Crippen molar-refractivity contribution in [1.82, 2.24) is 5.48 Å². The number of nitrogens with one attached hydrogen (secondary N) is 1. The first-order valence-electron chi connectivity index (χ1n) is 4.18. The topological polar surface area (TPSA) is 50.7 Å². The van der Waals surface area contributed by atoms with Gasteiger partial charge in [-0.25, -0.2) is 5.48 Å². The van der Waals surface area contributed by atoms with Crippen LogP contribution in [0.4, 0.5) is 0 Å². The normalized spacial score (nSPS) is 13.4. The summed E-state index contributed by atoms with van der Waals surface area (Å²) in [6.45, 7) is 2.40. The van der Waals surface area contributed by atoms with Gasteiger partial charge in [-0.05, 0) is 12.5 Å². The van der Waals surface area contributed by atoms with Gasteiger partial charge in [0.05, 0.1) is 0 Å². The smallest absolute Gasteiger partial charge is 0.231 e. The molecule has 0 aromatic heterocycles. The monoisotopic (exact) mass is 215 g/mol. The van der Waals surface area contributed by atoms with Crippen molar-refractivity contribution in [3.05, 3.63) is 22.2 Å². The zero-order valence-electron chi connectivity index (χ0n) is 7.63. The van der Waals surface area contributed by atoms with Crippen LogP contribution in [0.1, 0.15) is 11.1 Å². The molecule has 1 aromatic rings. The van der Waals surface area contributed by atoms with E-state index in [1.54, 1.807) is 6.07 Å². The standard InChI is InChI=1S/C9H10ClNO3/c1-5-6(3-11-12)7(10)2-8-9(5)14-4-13-8/h2,11-12H,3-4H2,1H3. The highest BCUT2D eigenvalue weighted by Gasteiger charge is 2.20. The number of rotatable bonds is 2. The first-order valence-corrected chi connectivity index (χ1v) is 4.56. The van der Waals surface area contributed by atoms with Crippen molar-refractivity contribution in [2.75, 3.05) is 6.79 Å². The number of fused-ring (bicyclic) bond motifs is 1. The van der Waals surface area contributed by atoms with Gasteiger partial charge in [-0.1, -0.05) is 11.6 Å². The summed E-state index contributed by atoms with van der Waals surface area (Å²) in [5.74, 6) is 1.37. The molecule has 0 saturated carbocycles. The van der Waals surface area contributed by atoms with Crippen LogP contribution in [-0.2, 0) is 6.54 Å².